The maximum absolute atomic E-state index is 12.1. The minimum Gasteiger partial charge on any atom is -0.408 e. The molecule has 0 bridgehead atoms. The summed E-state index contributed by atoms with van der Waals surface area (Å²) in [5, 5.41) is 11.8. The zero-order valence-corrected chi connectivity index (χ0v) is 10.8. The SMILES string of the molecule is N#Cc1ccc2oc(=O)n(C3CCCCNC3=O)c2c1. The van der Waals surface area contributed by atoms with Gasteiger partial charge in [0.05, 0.1) is 17.1 Å². The van der Waals surface area contributed by atoms with Crippen LogP contribution in [0.2, 0.25) is 0 Å². The molecule has 1 amide bonds. The first-order valence-electron chi connectivity index (χ1n) is 6.53. The van der Waals surface area contributed by atoms with Crippen molar-refractivity contribution in [2.24, 2.45) is 0 Å². The minimum absolute atomic E-state index is 0.172. The number of amides is 1. The lowest BCUT2D eigenvalue weighted by Crippen LogP contribution is -2.34. The van der Waals surface area contributed by atoms with Crippen molar-refractivity contribution in [3.63, 3.8) is 0 Å². The molecule has 0 aliphatic carbocycles. The minimum atomic E-state index is -0.569. The maximum atomic E-state index is 12.1. The van der Waals surface area contributed by atoms with Crippen LogP contribution >= 0.6 is 0 Å². The number of hydrogen-bond donors (Lipinski definition) is 1. The number of nitriles is 1. The number of nitrogens with one attached hydrogen (secondary N) is 1. The number of oxazole rings is 1. The Kier molecular flexibility index (Phi) is 3.03. The monoisotopic (exact) mass is 271 g/mol. The average molecular weight is 271 g/mol. The summed E-state index contributed by atoms with van der Waals surface area (Å²) in [6.45, 7) is 0.628. The molecule has 1 N–H and O–H groups in total. The van der Waals surface area contributed by atoms with Gasteiger partial charge in [-0.15, -0.1) is 0 Å². The lowest BCUT2D eigenvalue weighted by Gasteiger charge is -2.13. The van der Waals surface area contributed by atoms with Crippen LogP contribution < -0.4 is 11.1 Å². The first-order valence-corrected chi connectivity index (χ1v) is 6.53. The van der Waals surface area contributed by atoms with Gasteiger partial charge in [-0.3, -0.25) is 9.36 Å². The number of nitrogens with zero attached hydrogens (tertiary/aromatic N) is 2. The van der Waals surface area contributed by atoms with Gasteiger partial charge < -0.3 is 9.73 Å². The third kappa shape index (κ3) is 1.97. The van der Waals surface area contributed by atoms with Crippen molar-refractivity contribution in [1.29, 1.82) is 5.26 Å². The molecule has 1 aromatic heterocycles. The molecule has 1 fully saturated rings. The molecule has 1 atom stereocenters. The van der Waals surface area contributed by atoms with E-state index in [1.807, 2.05) is 6.07 Å². The van der Waals surface area contributed by atoms with Gasteiger partial charge in [-0.1, -0.05) is 0 Å². The van der Waals surface area contributed by atoms with E-state index >= 15 is 0 Å². The fraction of sp³-hybridized carbons (Fsp3) is 0.357. The van der Waals surface area contributed by atoms with E-state index in [-0.39, 0.29) is 5.91 Å². The molecule has 2 heterocycles. The molecule has 1 saturated heterocycles. The van der Waals surface area contributed by atoms with Crippen molar-refractivity contribution in [2.75, 3.05) is 6.54 Å². The van der Waals surface area contributed by atoms with Crippen molar-refractivity contribution >= 4 is 17.0 Å². The molecule has 6 nitrogen and oxygen atoms in total. The third-order valence-electron chi connectivity index (χ3n) is 3.56. The number of carbonyl (C=O) groups excluding carboxylic acids is 1. The van der Waals surface area contributed by atoms with Crippen molar-refractivity contribution in [3.05, 3.63) is 34.3 Å². The number of benzene rings is 1. The standard InChI is InChI=1S/C14H13N3O3/c15-8-9-4-5-12-11(7-9)17(14(19)20-12)10-3-1-2-6-16-13(10)18/h4-5,7,10H,1-3,6H2,(H,16,18). The van der Waals surface area contributed by atoms with E-state index in [1.54, 1.807) is 18.2 Å². The molecule has 1 aliphatic rings. The Balaban J connectivity index is 2.19. The smallest absolute Gasteiger partial charge is 0.408 e. The first kappa shape index (κ1) is 12.5. The van der Waals surface area contributed by atoms with Gasteiger partial charge in [0.25, 0.3) is 0 Å². The molecule has 20 heavy (non-hydrogen) atoms. The molecule has 102 valence electrons. The Morgan fingerprint density at radius 2 is 2.20 bits per heavy atom. The number of hydrogen-bond acceptors (Lipinski definition) is 4. The highest BCUT2D eigenvalue weighted by molar-refractivity contribution is 5.83. The lowest BCUT2D eigenvalue weighted by atomic mass is 10.1. The van der Waals surface area contributed by atoms with Gasteiger partial charge in [0.2, 0.25) is 5.91 Å². The van der Waals surface area contributed by atoms with Gasteiger partial charge in [0.15, 0.2) is 5.58 Å². The van der Waals surface area contributed by atoms with Crippen LogP contribution in [0.4, 0.5) is 0 Å². The first-order chi connectivity index (χ1) is 9.70. The third-order valence-corrected chi connectivity index (χ3v) is 3.56. The van der Waals surface area contributed by atoms with E-state index in [9.17, 15) is 9.59 Å². The summed E-state index contributed by atoms with van der Waals surface area (Å²) in [7, 11) is 0. The van der Waals surface area contributed by atoms with Gasteiger partial charge in [0, 0.05) is 6.54 Å². The van der Waals surface area contributed by atoms with Crippen LogP contribution in [-0.4, -0.2) is 17.0 Å². The van der Waals surface area contributed by atoms with E-state index in [0.717, 1.165) is 12.8 Å². The van der Waals surface area contributed by atoms with E-state index in [2.05, 4.69) is 5.32 Å². The second-order valence-electron chi connectivity index (χ2n) is 4.83. The molecule has 6 heteroatoms. The summed E-state index contributed by atoms with van der Waals surface area (Å²) >= 11 is 0. The molecular formula is C14H13N3O3. The molecule has 0 saturated carbocycles. The topological polar surface area (TPSA) is 88.0 Å². The molecule has 2 aromatic rings. The second kappa shape index (κ2) is 4.85. The number of rotatable bonds is 1. The van der Waals surface area contributed by atoms with E-state index in [4.69, 9.17) is 9.68 Å². The summed E-state index contributed by atoms with van der Waals surface area (Å²) in [6, 6.07) is 6.21. The van der Waals surface area contributed by atoms with E-state index in [1.165, 1.54) is 4.57 Å². The zero-order chi connectivity index (χ0) is 14.1. The quantitative estimate of drug-likeness (QED) is 0.847. The highest BCUT2D eigenvalue weighted by Crippen LogP contribution is 2.23. The summed E-state index contributed by atoms with van der Waals surface area (Å²) in [5.74, 6) is -0.730. The van der Waals surface area contributed by atoms with Crippen molar-refractivity contribution in [3.8, 4) is 6.07 Å². The Morgan fingerprint density at radius 1 is 1.35 bits per heavy atom. The van der Waals surface area contributed by atoms with Gasteiger partial charge in [-0.2, -0.15) is 5.26 Å². The highest BCUT2D eigenvalue weighted by atomic mass is 16.4. The van der Waals surface area contributed by atoms with E-state index in [0.29, 0.717) is 29.6 Å². The molecule has 1 aromatic carbocycles. The van der Waals surface area contributed by atoms with Crippen molar-refractivity contribution < 1.29 is 9.21 Å². The number of aromatic nitrogens is 1. The summed E-state index contributed by atoms with van der Waals surface area (Å²) < 4.78 is 6.52. The maximum Gasteiger partial charge on any atom is 0.420 e. The number of carbonyl (C=O) groups is 1. The van der Waals surface area contributed by atoms with Crippen LogP contribution in [0.5, 0.6) is 0 Å². The zero-order valence-electron chi connectivity index (χ0n) is 10.8. The fourth-order valence-corrected chi connectivity index (χ4v) is 2.57. The van der Waals surface area contributed by atoms with Gasteiger partial charge in [-0.25, -0.2) is 4.79 Å². The van der Waals surface area contributed by atoms with Crippen molar-refractivity contribution in [2.45, 2.75) is 25.3 Å². The van der Waals surface area contributed by atoms with E-state index < -0.39 is 11.8 Å². The predicted octanol–water partition coefficient (Wildman–Crippen LogP) is 1.31. The van der Waals surface area contributed by atoms with Crippen LogP contribution in [0.25, 0.3) is 11.1 Å². The predicted molar refractivity (Wildman–Crippen MR) is 71.1 cm³/mol. The lowest BCUT2D eigenvalue weighted by molar-refractivity contribution is -0.124. The highest BCUT2D eigenvalue weighted by Gasteiger charge is 2.26. The average Bonchev–Trinajstić information content (AvgIpc) is 2.62. The molecule has 1 aliphatic heterocycles. The Bertz CT molecular complexity index is 766. The van der Waals surface area contributed by atoms with Crippen LogP contribution in [0.15, 0.2) is 27.4 Å². The summed E-state index contributed by atoms with van der Waals surface area (Å²) in [6.07, 6.45) is 2.35. The molecule has 1 unspecified atom stereocenters. The van der Waals surface area contributed by atoms with Gasteiger partial charge in [-0.05, 0) is 37.5 Å². The van der Waals surface area contributed by atoms with Gasteiger partial charge in [0.1, 0.15) is 6.04 Å². The number of fused-ring (bicyclic) bond motifs is 1. The Morgan fingerprint density at radius 3 is 3.00 bits per heavy atom. The Hall–Kier alpha value is -2.55. The molecule has 0 radical (unpaired) electrons. The normalized spacial score (nSPS) is 19.4. The van der Waals surface area contributed by atoms with Crippen LogP contribution in [0.1, 0.15) is 30.9 Å². The largest absolute Gasteiger partial charge is 0.420 e. The Labute approximate surface area is 114 Å². The molecule has 3 rings (SSSR count). The fourth-order valence-electron chi connectivity index (χ4n) is 2.57. The van der Waals surface area contributed by atoms with Crippen LogP contribution in [0.3, 0.4) is 0 Å². The second-order valence-corrected chi connectivity index (χ2v) is 4.83. The molecule has 0 spiro atoms. The van der Waals surface area contributed by atoms with Crippen LogP contribution in [-0.2, 0) is 4.79 Å². The molecular weight excluding hydrogens is 258 g/mol. The van der Waals surface area contributed by atoms with Gasteiger partial charge >= 0.3 is 5.76 Å². The summed E-state index contributed by atoms with van der Waals surface area (Å²) in [5.41, 5.74) is 1.32. The van der Waals surface area contributed by atoms with Crippen molar-refractivity contribution in [1.82, 2.24) is 9.88 Å². The van der Waals surface area contributed by atoms with Crippen LogP contribution in [0, 0.1) is 11.3 Å². The summed E-state index contributed by atoms with van der Waals surface area (Å²) in [4.78, 5) is 24.1.